The highest BCUT2D eigenvalue weighted by Gasteiger charge is 2.08. The summed E-state index contributed by atoms with van der Waals surface area (Å²) in [5, 5.41) is 2.19. The molecule has 1 aromatic rings. The van der Waals surface area contributed by atoms with Crippen LogP contribution in [0.3, 0.4) is 0 Å². The summed E-state index contributed by atoms with van der Waals surface area (Å²) < 4.78 is 0. The molecule has 26 heavy (non-hydrogen) atoms. The van der Waals surface area contributed by atoms with Gasteiger partial charge in [0.1, 0.15) is 0 Å². The van der Waals surface area contributed by atoms with Gasteiger partial charge in [0.2, 0.25) is 0 Å². The van der Waals surface area contributed by atoms with Crippen LogP contribution < -0.4 is 0 Å². The minimum atomic E-state index is 0.572. The molecule has 1 heteroatoms. The zero-order chi connectivity index (χ0) is 22.1. The molecule has 0 radical (unpaired) electrons. The fraction of sp³-hybridized carbons (Fsp3) is 0.520. The van der Waals surface area contributed by atoms with Crippen molar-refractivity contribution in [3.8, 4) is 0 Å². The molecule has 1 aromatic heterocycles. The second-order valence-electron chi connectivity index (χ2n) is 4.65. The molecule has 0 aliphatic rings. The highest BCUT2D eigenvalue weighted by atomic mass is 32.1. The van der Waals surface area contributed by atoms with Crippen LogP contribution in [0.4, 0.5) is 0 Å². The predicted octanol–water partition coefficient (Wildman–Crippen LogP) is 10.3. The molecule has 1 unspecified atom stereocenters. The molecule has 1 rings (SSSR count). The van der Waals surface area contributed by atoms with Crippen molar-refractivity contribution in [3.05, 3.63) is 60.4 Å². The average molecular weight is 381 g/mol. The maximum atomic E-state index is 3.81. The predicted molar refractivity (Wildman–Crippen MR) is 134 cm³/mol. The van der Waals surface area contributed by atoms with Gasteiger partial charge in [0.25, 0.3) is 0 Å². The van der Waals surface area contributed by atoms with Crippen molar-refractivity contribution in [2.24, 2.45) is 5.92 Å². The summed E-state index contributed by atoms with van der Waals surface area (Å²) in [5.74, 6) is 1.27. The summed E-state index contributed by atoms with van der Waals surface area (Å²) >= 11 is 1.74. The lowest BCUT2D eigenvalue weighted by molar-refractivity contribution is 0.700. The van der Waals surface area contributed by atoms with Gasteiger partial charge in [0.15, 0.2) is 0 Å². The van der Waals surface area contributed by atoms with Crippen molar-refractivity contribution >= 4 is 23.5 Å². The normalized spacial score (nSPS) is 8.73. The van der Waals surface area contributed by atoms with Crippen LogP contribution in [0.1, 0.15) is 97.6 Å². The Morgan fingerprint density at radius 2 is 1.31 bits per heavy atom. The van der Waals surface area contributed by atoms with Gasteiger partial charge in [-0.15, -0.1) is 31.1 Å². The maximum Gasteiger partial charge on any atom is 0.0339 e. The highest BCUT2D eigenvalue weighted by Crippen LogP contribution is 2.30. The molecule has 0 amide bonds. The zero-order valence-corrected chi connectivity index (χ0v) is 20.4. The van der Waals surface area contributed by atoms with E-state index in [1.165, 1.54) is 22.4 Å². The van der Waals surface area contributed by atoms with Gasteiger partial charge >= 0.3 is 0 Å². The van der Waals surface area contributed by atoms with Crippen molar-refractivity contribution in [2.75, 3.05) is 0 Å². The first-order chi connectivity index (χ1) is 12.5. The molecule has 0 saturated heterocycles. The lowest BCUT2D eigenvalue weighted by atomic mass is 10.0. The third-order valence-electron chi connectivity index (χ3n) is 2.95. The van der Waals surface area contributed by atoms with Crippen LogP contribution in [0.25, 0.3) is 12.2 Å². The quantitative estimate of drug-likeness (QED) is 0.445. The lowest BCUT2D eigenvalue weighted by Gasteiger charge is -2.03. The van der Waals surface area contributed by atoms with E-state index in [-0.39, 0.29) is 0 Å². The summed E-state index contributed by atoms with van der Waals surface area (Å²) in [6, 6.07) is 0. The van der Waals surface area contributed by atoms with Crippen LogP contribution in [0.15, 0.2) is 44.4 Å². The first-order valence-corrected chi connectivity index (χ1v) is 10.9. The average Bonchev–Trinajstić information content (AvgIpc) is 3.17. The molecular formula is C25H48S. The molecule has 1 atom stereocenters. The molecule has 1 heterocycles. The Morgan fingerprint density at radius 1 is 0.885 bits per heavy atom. The monoisotopic (exact) mass is 380 g/mol. The smallest absolute Gasteiger partial charge is 0.0339 e. The lowest BCUT2D eigenvalue weighted by Crippen LogP contribution is -1.86. The van der Waals surface area contributed by atoms with E-state index in [1.807, 2.05) is 59.8 Å². The number of hydrogen-bond acceptors (Lipinski definition) is 1. The zero-order valence-electron chi connectivity index (χ0n) is 19.6. The summed E-state index contributed by atoms with van der Waals surface area (Å²) in [4.78, 5) is 1.23. The molecular weight excluding hydrogens is 332 g/mol. The van der Waals surface area contributed by atoms with Gasteiger partial charge < -0.3 is 0 Å². The van der Waals surface area contributed by atoms with E-state index in [1.54, 1.807) is 11.3 Å². The second kappa shape index (κ2) is 31.4. The summed E-state index contributed by atoms with van der Waals surface area (Å²) in [5.41, 5.74) is 2.63. The molecule has 0 fully saturated rings. The van der Waals surface area contributed by atoms with Crippen molar-refractivity contribution in [2.45, 2.75) is 81.6 Å². The molecule has 0 spiro atoms. The largest absolute Gasteiger partial charge is 0.144 e. The number of allylic oxidation sites excluding steroid dienone is 1. The molecule has 0 bridgehead atoms. The van der Waals surface area contributed by atoms with Crippen LogP contribution in [-0.2, 0) is 0 Å². The first kappa shape index (κ1) is 35.7. The van der Waals surface area contributed by atoms with E-state index in [2.05, 4.69) is 66.0 Å². The van der Waals surface area contributed by atoms with E-state index in [9.17, 15) is 0 Å². The molecule has 0 aliphatic carbocycles. The van der Waals surface area contributed by atoms with Crippen LogP contribution in [0.2, 0.25) is 0 Å². The van der Waals surface area contributed by atoms with Gasteiger partial charge in [0, 0.05) is 4.88 Å². The van der Waals surface area contributed by atoms with Crippen molar-refractivity contribution in [3.63, 3.8) is 0 Å². The van der Waals surface area contributed by atoms with Gasteiger partial charge in [-0.2, -0.15) is 0 Å². The molecule has 0 nitrogen and oxygen atoms in total. The Morgan fingerprint density at radius 3 is 1.50 bits per heavy atom. The minimum Gasteiger partial charge on any atom is -0.144 e. The number of hydrogen-bond donors (Lipinski definition) is 0. The SMILES string of the molecule is C=C.C=CC(C)CC.C=Cc1scc(C(C)C)c1C=C.CC.CC.CC. The van der Waals surface area contributed by atoms with Crippen molar-refractivity contribution in [1.29, 1.82) is 0 Å². The summed E-state index contributed by atoms with van der Waals surface area (Å²) in [6.45, 7) is 37.9. The van der Waals surface area contributed by atoms with Gasteiger partial charge in [-0.25, -0.2) is 0 Å². The minimum absolute atomic E-state index is 0.572. The first-order valence-electron chi connectivity index (χ1n) is 10.0. The Hall–Kier alpha value is -1.34. The van der Waals surface area contributed by atoms with Crippen LogP contribution in [0, 0.1) is 5.92 Å². The topological polar surface area (TPSA) is 0 Å². The molecule has 0 aromatic carbocycles. The Kier molecular flexibility index (Phi) is 43.2. The fourth-order valence-electron chi connectivity index (χ4n) is 1.39. The Balaban J connectivity index is -0.0000000892. The molecule has 154 valence electrons. The van der Waals surface area contributed by atoms with Crippen LogP contribution >= 0.6 is 11.3 Å². The second-order valence-corrected chi connectivity index (χ2v) is 5.56. The van der Waals surface area contributed by atoms with Gasteiger partial charge in [-0.3, -0.25) is 0 Å². The van der Waals surface area contributed by atoms with Crippen LogP contribution in [-0.4, -0.2) is 0 Å². The molecule has 0 N–H and O–H groups in total. The van der Waals surface area contributed by atoms with Gasteiger partial charge in [0.05, 0.1) is 0 Å². The van der Waals surface area contributed by atoms with Crippen LogP contribution in [0.5, 0.6) is 0 Å². The summed E-state index contributed by atoms with van der Waals surface area (Å²) in [6.07, 6.45) is 7.00. The van der Waals surface area contributed by atoms with E-state index in [4.69, 9.17) is 0 Å². The number of rotatable bonds is 5. The molecule has 0 saturated carbocycles. The Bertz CT molecular complexity index is 396. The molecule has 0 aliphatic heterocycles. The number of thiophene rings is 1. The van der Waals surface area contributed by atoms with E-state index in [0.29, 0.717) is 11.8 Å². The van der Waals surface area contributed by atoms with Gasteiger partial charge in [-0.1, -0.05) is 107 Å². The van der Waals surface area contributed by atoms with E-state index in [0.717, 1.165) is 0 Å². The standard InChI is InChI=1S/C11H14S.C6H12.3C2H6.C2H4/c1-5-9-10(8(3)4)7-12-11(9)6-2;1-4-6(3)5-2;4*1-2/h5-8H,1-2H2,3-4H3;4,6H,1,5H2,2-3H3;3*1-2H3;1-2H2. The fourth-order valence-corrected chi connectivity index (χ4v) is 2.46. The third kappa shape index (κ3) is 19.0. The van der Waals surface area contributed by atoms with E-state index >= 15 is 0 Å². The van der Waals surface area contributed by atoms with Crippen molar-refractivity contribution in [1.82, 2.24) is 0 Å². The van der Waals surface area contributed by atoms with Crippen molar-refractivity contribution < 1.29 is 0 Å². The van der Waals surface area contributed by atoms with Gasteiger partial charge in [-0.05, 0) is 28.3 Å². The summed E-state index contributed by atoms with van der Waals surface area (Å²) in [7, 11) is 0. The highest BCUT2D eigenvalue weighted by molar-refractivity contribution is 7.11. The van der Waals surface area contributed by atoms with E-state index < -0.39 is 0 Å². The third-order valence-corrected chi connectivity index (χ3v) is 3.96. The maximum absolute atomic E-state index is 3.81. The Labute approximate surface area is 171 Å².